The molecule has 0 spiro atoms. The molecule has 0 fully saturated rings. The SMILES string of the molecule is CCC(=N)c1cc(Br)ccc1O. The summed E-state index contributed by atoms with van der Waals surface area (Å²) in [7, 11) is 0. The van der Waals surface area contributed by atoms with Crippen molar-refractivity contribution in [3.05, 3.63) is 28.2 Å². The number of rotatable bonds is 2. The van der Waals surface area contributed by atoms with E-state index in [1.165, 1.54) is 0 Å². The highest BCUT2D eigenvalue weighted by Crippen LogP contribution is 2.22. The van der Waals surface area contributed by atoms with E-state index in [0.717, 1.165) is 4.47 Å². The van der Waals surface area contributed by atoms with E-state index in [-0.39, 0.29) is 5.75 Å². The lowest BCUT2D eigenvalue weighted by molar-refractivity contribution is 0.474. The van der Waals surface area contributed by atoms with Gasteiger partial charge in [0.25, 0.3) is 0 Å². The molecular weight excluding hydrogens is 218 g/mol. The van der Waals surface area contributed by atoms with Crippen LogP contribution in [0.3, 0.4) is 0 Å². The van der Waals surface area contributed by atoms with Crippen LogP contribution in [0, 0.1) is 5.41 Å². The van der Waals surface area contributed by atoms with E-state index < -0.39 is 0 Å². The van der Waals surface area contributed by atoms with Crippen molar-refractivity contribution in [2.75, 3.05) is 0 Å². The van der Waals surface area contributed by atoms with Crippen molar-refractivity contribution >= 4 is 21.6 Å². The summed E-state index contributed by atoms with van der Waals surface area (Å²) in [6, 6.07) is 5.09. The van der Waals surface area contributed by atoms with E-state index in [9.17, 15) is 5.11 Å². The molecule has 0 saturated carbocycles. The minimum absolute atomic E-state index is 0.171. The number of benzene rings is 1. The molecule has 0 atom stereocenters. The van der Waals surface area contributed by atoms with Crippen LogP contribution in [0.2, 0.25) is 0 Å². The lowest BCUT2D eigenvalue weighted by Crippen LogP contribution is -1.96. The van der Waals surface area contributed by atoms with Crippen LogP contribution >= 0.6 is 15.9 Å². The summed E-state index contributed by atoms with van der Waals surface area (Å²) in [4.78, 5) is 0. The van der Waals surface area contributed by atoms with Crippen molar-refractivity contribution in [2.24, 2.45) is 0 Å². The van der Waals surface area contributed by atoms with Crippen LogP contribution in [0.5, 0.6) is 5.75 Å². The van der Waals surface area contributed by atoms with Crippen LogP contribution in [0.1, 0.15) is 18.9 Å². The molecule has 0 aliphatic carbocycles. The molecule has 0 aromatic heterocycles. The first-order valence-electron chi connectivity index (χ1n) is 3.71. The van der Waals surface area contributed by atoms with Gasteiger partial charge in [0, 0.05) is 15.7 Å². The average molecular weight is 228 g/mol. The Morgan fingerprint density at radius 3 is 2.83 bits per heavy atom. The maximum absolute atomic E-state index is 9.37. The fourth-order valence-electron chi connectivity index (χ4n) is 0.940. The van der Waals surface area contributed by atoms with Gasteiger partial charge in [-0.2, -0.15) is 0 Å². The topological polar surface area (TPSA) is 44.1 Å². The van der Waals surface area contributed by atoms with Gasteiger partial charge in [-0.05, 0) is 24.6 Å². The van der Waals surface area contributed by atoms with Gasteiger partial charge in [0.05, 0.1) is 0 Å². The normalized spacial score (nSPS) is 9.83. The Morgan fingerprint density at radius 2 is 2.25 bits per heavy atom. The first-order chi connectivity index (χ1) is 5.65. The number of phenols is 1. The zero-order valence-corrected chi connectivity index (χ0v) is 8.35. The average Bonchev–Trinajstić information content (AvgIpc) is 2.08. The van der Waals surface area contributed by atoms with Gasteiger partial charge in [-0.15, -0.1) is 0 Å². The van der Waals surface area contributed by atoms with Crippen molar-refractivity contribution in [3.63, 3.8) is 0 Å². The fourth-order valence-corrected chi connectivity index (χ4v) is 1.30. The molecule has 0 unspecified atom stereocenters. The standard InChI is InChI=1S/C9H10BrNO/c1-2-8(11)7-5-6(10)3-4-9(7)12/h3-5,11-12H,2H2,1H3. The summed E-state index contributed by atoms with van der Waals surface area (Å²) in [6.07, 6.45) is 0.629. The van der Waals surface area contributed by atoms with Gasteiger partial charge < -0.3 is 10.5 Å². The summed E-state index contributed by atoms with van der Waals surface area (Å²) in [5.41, 5.74) is 1.06. The molecule has 3 heteroatoms. The van der Waals surface area contributed by atoms with Gasteiger partial charge in [-0.3, -0.25) is 0 Å². The molecular formula is C9H10BrNO. The Labute approximate surface area is 79.9 Å². The minimum atomic E-state index is 0.171. The van der Waals surface area contributed by atoms with Crippen LogP contribution < -0.4 is 0 Å². The van der Waals surface area contributed by atoms with E-state index in [2.05, 4.69) is 15.9 Å². The smallest absolute Gasteiger partial charge is 0.124 e. The Morgan fingerprint density at radius 1 is 1.58 bits per heavy atom. The zero-order chi connectivity index (χ0) is 9.14. The molecule has 2 nitrogen and oxygen atoms in total. The van der Waals surface area contributed by atoms with Gasteiger partial charge >= 0.3 is 0 Å². The summed E-state index contributed by atoms with van der Waals surface area (Å²) in [5, 5.41) is 16.9. The maximum Gasteiger partial charge on any atom is 0.124 e. The summed E-state index contributed by atoms with van der Waals surface area (Å²) in [5.74, 6) is 0.171. The van der Waals surface area contributed by atoms with Gasteiger partial charge in [-0.1, -0.05) is 22.9 Å². The second-order valence-electron chi connectivity index (χ2n) is 2.49. The van der Waals surface area contributed by atoms with Crippen molar-refractivity contribution in [1.82, 2.24) is 0 Å². The van der Waals surface area contributed by atoms with Crippen LogP contribution in [0.15, 0.2) is 22.7 Å². The third-order valence-electron chi connectivity index (χ3n) is 1.64. The van der Waals surface area contributed by atoms with Gasteiger partial charge in [-0.25, -0.2) is 0 Å². The highest BCUT2D eigenvalue weighted by Gasteiger charge is 2.05. The Hall–Kier alpha value is -0.830. The highest BCUT2D eigenvalue weighted by atomic mass is 79.9. The summed E-state index contributed by atoms with van der Waals surface area (Å²) >= 11 is 3.29. The van der Waals surface area contributed by atoms with Crippen LogP contribution in [-0.4, -0.2) is 10.8 Å². The molecule has 0 aliphatic heterocycles. The molecule has 64 valence electrons. The zero-order valence-electron chi connectivity index (χ0n) is 6.76. The molecule has 0 amide bonds. The number of aromatic hydroxyl groups is 1. The van der Waals surface area contributed by atoms with Crippen LogP contribution in [0.4, 0.5) is 0 Å². The molecule has 1 aromatic carbocycles. The fraction of sp³-hybridized carbons (Fsp3) is 0.222. The number of halogens is 1. The molecule has 1 rings (SSSR count). The van der Waals surface area contributed by atoms with Crippen molar-refractivity contribution in [2.45, 2.75) is 13.3 Å². The third-order valence-corrected chi connectivity index (χ3v) is 2.13. The Kier molecular flexibility index (Phi) is 2.87. The minimum Gasteiger partial charge on any atom is -0.507 e. The first kappa shape index (κ1) is 9.26. The molecule has 12 heavy (non-hydrogen) atoms. The maximum atomic E-state index is 9.37. The van der Waals surface area contributed by atoms with E-state index in [1.54, 1.807) is 18.2 Å². The molecule has 0 aliphatic rings. The molecule has 1 aromatic rings. The lowest BCUT2D eigenvalue weighted by Gasteiger charge is -2.04. The summed E-state index contributed by atoms with van der Waals surface area (Å²) < 4.78 is 0.883. The molecule has 0 bridgehead atoms. The highest BCUT2D eigenvalue weighted by molar-refractivity contribution is 9.10. The molecule has 0 saturated heterocycles. The first-order valence-corrected chi connectivity index (χ1v) is 4.50. The van der Waals surface area contributed by atoms with Gasteiger partial charge in [0.1, 0.15) is 5.75 Å². The quantitative estimate of drug-likeness (QED) is 0.751. The number of nitrogens with one attached hydrogen (secondary N) is 1. The predicted octanol–water partition coefficient (Wildman–Crippen LogP) is 2.93. The van der Waals surface area contributed by atoms with E-state index in [1.807, 2.05) is 6.92 Å². The van der Waals surface area contributed by atoms with Crippen LogP contribution in [-0.2, 0) is 0 Å². The van der Waals surface area contributed by atoms with Crippen molar-refractivity contribution in [3.8, 4) is 5.75 Å². The Bertz CT molecular complexity index is 309. The van der Waals surface area contributed by atoms with E-state index >= 15 is 0 Å². The number of phenolic OH excluding ortho intramolecular Hbond substituents is 1. The van der Waals surface area contributed by atoms with E-state index in [0.29, 0.717) is 17.7 Å². The number of hydrogen-bond acceptors (Lipinski definition) is 2. The monoisotopic (exact) mass is 227 g/mol. The summed E-state index contributed by atoms with van der Waals surface area (Å²) in [6.45, 7) is 1.89. The molecule has 2 N–H and O–H groups in total. The second-order valence-corrected chi connectivity index (χ2v) is 3.41. The third kappa shape index (κ3) is 1.85. The molecule has 0 heterocycles. The number of hydrogen-bond donors (Lipinski definition) is 2. The second kappa shape index (κ2) is 3.72. The van der Waals surface area contributed by atoms with E-state index in [4.69, 9.17) is 5.41 Å². The van der Waals surface area contributed by atoms with Crippen LogP contribution in [0.25, 0.3) is 0 Å². The molecule has 0 radical (unpaired) electrons. The van der Waals surface area contributed by atoms with Crippen molar-refractivity contribution < 1.29 is 5.11 Å². The largest absolute Gasteiger partial charge is 0.507 e. The lowest BCUT2D eigenvalue weighted by atomic mass is 10.1. The predicted molar refractivity (Wildman–Crippen MR) is 52.9 cm³/mol. The van der Waals surface area contributed by atoms with Gasteiger partial charge in [0.2, 0.25) is 0 Å². The van der Waals surface area contributed by atoms with Crippen molar-refractivity contribution in [1.29, 1.82) is 5.41 Å². The van der Waals surface area contributed by atoms with Gasteiger partial charge in [0.15, 0.2) is 0 Å². The Balaban J connectivity index is 3.13.